The molecule has 1 fully saturated rings. The molecule has 160 valence electrons. The van der Waals surface area contributed by atoms with Gasteiger partial charge in [-0.15, -0.1) is 0 Å². The number of unbranched alkanes of at least 4 members (excludes halogenated alkanes) is 4. The smallest absolute Gasteiger partial charge is 0.205 e. The Kier molecular flexibility index (Phi) is 9.42. The van der Waals surface area contributed by atoms with Crippen LogP contribution in [0.25, 0.3) is 0 Å². The highest BCUT2D eigenvalue weighted by Crippen LogP contribution is 2.37. The zero-order valence-electron chi connectivity index (χ0n) is 19.0. The molecule has 30 heavy (non-hydrogen) atoms. The van der Waals surface area contributed by atoms with Gasteiger partial charge in [-0.2, -0.15) is 0 Å². The molecule has 1 aromatic carbocycles. The molecule has 2 nitrogen and oxygen atoms in total. The first-order valence-electron chi connectivity index (χ1n) is 12.2. The first-order chi connectivity index (χ1) is 14.8. The molecular formula is C28H38N2. The van der Waals surface area contributed by atoms with E-state index in [1.807, 2.05) is 12.4 Å². The summed E-state index contributed by atoms with van der Waals surface area (Å²) in [6.45, 7) is 4.52. The molecule has 1 saturated carbocycles. The third-order valence-corrected chi connectivity index (χ3v) is 6.54. The van der Waals surface area contributed by atoms with Crippen LogP contribution in [0.3, 0.4) is 0 Å². The lowest BCUT2D eigenvalue weighted by Gasteiger charge is -2.29. The van der Waals surface area contributed by atoms with E-state index >= 15 is 0 Å². The Balaban J connectivity index is 1.48. The molecule has 1 aromatic heterocycles. The van der Waals surface area contributed by atoms with E-state index in [4.69, 9.17) is 0 Å². The van der Waals surface area contributed by atoms with Gasteiger partial charge in [0.15, 0.2) is 0 Å². The van der Waals surface area contributed by atoms with Gasteiger partial charge in [-0.25, -0.2) is 9.97 Å². The Morgan fingerprint density at radius 1 is 0.800 bits per heavy atom. The molecule has 3 rings (SSSR count). The summed E-state index contributed by atoms with van der Waals surface area (Å²) >= 11 is 0. The van der Waals surface area contributed by atoms with Gasteiger partial charge in [-0.05, 0) is 79.5 Å². The molecule has 0 aliphatic heterocycles. The van der Waals surface area contributed by atoms with Crippen molar-refractivity contribution in [2.24, 2.45) is 5.92 Å². The van der Waals surface area contributed by atoms with Crippen LogP contribution < -0.4 is 0 Å². The van der Waals surface area contributed by atoms with Crippen LogP contribution in [0.1, 0.15) is 113 Å². The molecule has 2 aromatic rings. The second-order valence-corrected chi connectivity index (χ2v) is 8.96. The first kappa shape index (κ1) is 22.5. The summed E-state index contributed by atoms with van der Waals surface area (Å²) < 4.78 is 0. The number of benzene rings is 1. The molecule has 0 N–H and O–H groups in total. The quantitative estimate of drug-likeness (QED) is 0.321. The van der Waals surface area contributed by atoms with Crippen molar-refractivity contribution in [3.05, 3.63) is 59.2 Å². The van der Waals surface area contributed by atoms with Crippen LogP contribution in [0.2, 0.25) is 0 Å². The van der Waals surface area contributed by atoms with E-state index in [1.54, 1.807) is 0 Å². The SMILES string of the molecule is CCCCCc1cnc(C#Cc2ccc(C3CCC(CCCCC)CC3)cc2)nc1. The average Bonchev–Trinajstić information content (AvgIpc) is 2.80. The number of rotatable bonds is 9. The minimum Gasteiger partial charge on any atom is -0.229 e. The summed E-state index contributed by atoms with van der Waals surface area (Å²) in [5.41, 5.74) is 3.74. The molecule has 1 heterocycles. The third-order valence-electron chi connectivity index (χ3n) is 6.54. The monoisotopic (exact) mass is 402 g/mol. The minimum absolute atomic E-state index is 0.611. The Morgan fingerprint density at radius 2 is 1.47 bits per heavy atom. The summed E-state index contributed by atoms with van der Waals surface area (Å²) in [5, 5.41) is 0. The lowest BCUT2D eigenvalue weighted by molar-refractivity contribution is 0.303. The molecular weight excluding hydrogens is 364 g/mol. The van der Waals surface area contributed by atoms with Crippen molar-refractivity contribution in [2.75, 3.05) is 0 Å². The van der Waals surface area contributed by atoms with Gasteiger partial charge in [0, 0.05) is 18.0 Å². The molecule has 0 bridgehead atoms. The summed E-state index contributed by atoms with van der Waals surface area (Å²) in [4.78, 5) is 8.82. The zero-order chi connectivity index (χ0) is 21.0. The van der Waals surface area contributed by atoms with Gasteiger partial charge in [-0.3, -0.25) is 0 Å². The molecule has 1 aliphatic carbocycles. The van der Waals surface area contributed by atoms with Crippen molar-refractivity contribution in [1.82, 2.24) is 9.97 Å². The number of aromatic nitrogens is 2. The van der Waals surface area contributed by atoms with Crippen molar-refractivity contribution in [1.29, 1.82) is 0 Å². The Morgan fingerprint density at radius 3 is 2.13 bits per heavy atom. The molecule has 1 aliphatic rings. The normalized spacial score (nSPS) is 18.6. The Bertz CT molecular complexity index is 787. The van der Waals surface area contributed by atoms with E-state index in [1.165, 1.54) is 81.8 Å². The zero-order valence-corrected chi connectivity index (χ0v) is 19.0. The maximum absolute atomic E-state index is 4.41. The van der Waals surface area contributed by atoms with Crippen molar-refractivity contribution < 1.29 is 0 Å². The van der Waals surface area contributed by atoms with Crippen LogP contribution in [0, 0.1) is 17.8 Å². The highest BCUT2D eigenvalue weighted by Gasteiger charge is 2.21. The molecule has 0 radical (unpaired) electrons. The van der Waals surface area contributed by atoms with Gasteiger partial charge in [0.2, 0.25) is 5.82 Å². The average molecular weight is 403 g/mol. The van der Waals surface area contributed by atoms with E-state index in [0.717, 1.165) is 23.8 Å². The summed E-state index contributed by atoms with van der Waals surface area (Å²) in [7, 11) is 0. The van der Waals surface area contributed by atoms with Gasteiger partial charge >= 0.3 is 0 Å². The maximum Gasteiger partial charge on any atom is 0.205 e. The van der Waals surface area contributed by atoms with Gasteiger partial charge in [-0.1, -0.05) is 70.4 Å². The van der Waals surface area contributed by atoms with Gasteiger partial charge in [0.1, 0.15) is 0 Å². The predicted octanol–water partition coefficient (Wildman–Crippen LogP) is 7.46. The highest BCUT2D eigenvalue weighted by molar-refractivity contribution is 5.40. The van der Waals surface area contributed by atoms with Gasteiger partial charge in [0.25, 0.3) is 0 Å². The summed E-state index contributed by atoms with van der Waals surface area (Å²) in [5.74, 6) is 8.65. The Labute approximate surface area is 183 Å². The van der Waals surface area contributed by atoms with Crippen LogP contribution in [0.4, 0.5) is 0 Å². The van der Waals surface area contributed by atoms with E-state index in [0.29, 0.717) is 5.82 Å². The van der Waals surface area contributed by atoms with Crippen molar-refractivity contribution in [2.45, 2.75) is 96.8 Å². The van der Waals surface area contributed by atoms with Crippen molar-refractivity contribution in [3.63, 3.8) is 0 Å². The fraction of sp³-hybridized carbons (Fsp3) is 0.571. The fourth-order valence-electron chi connectivity index (χ4n) is 4.56. The summed E-state index contributed by atoms with van der Waals surface area (Å²) in [6, 6.07) is 8.89. The van der Waals surface area contributed by atoms with Crippen LogP contribution in [0.15, 0.2) is 36.7 Å². The number of nitrogens with zero attached hydrogens (tertiary/aromatic N) is 2. The lowest BCUT2D eigenvalue weighted by Crippen LogP contribution is -2.13. The largest absolute Gasteiger partial charge is 0.229 e. The van der Waals surface area contributed by atoms with Crippen LogP contribution in [-0.4, -0.2) is 9.97 Å². The molecule has 0 unspecified atom stereocenters. The van der Waals surface area contributed by atoms with Crippen LogP contribution in [-0.2, 0) is 6.42 Å². The van der Waals surface area contributed by atoms with Gasteiger partial charge < -0.3 is 0 Å². The van der Waals surface area contributed by atoms with E-state index in [-0.39, 0.29) is 0 Å². The standard InChI is InChI=1S/C28H38N2/c1-3-5-7-9-23-11-16-26(17-12-23)27-18-13-24(14-19-27)15-20-28-29-21-25(22-30-28)10-8-6-4-2/h13-14,18-19,21-23,26H,3-12,16-17H2,1-2H3. The van der Waals surface area contributed by atoms with Crippen molar-refractivity contribution in [3.8, 4) is 11.8 Å². The van der Waals surface area contributed by atoms with Gasteiger partial charge in [0.05, 0.1) is 0 Å². The van der Waals surface area contributed by atoms with Crippen LogP contribution in [0.5, 0.6) is 0 Å². The highest BCUT2D eigenvalue weighted by atomic mass is 14.8. The minimum atomic E-state index is 0.611. The Hall–Kier alpha value is -2.14. The third kappa shape index (κ3) is 7.28. The summed E-state index contributed by atoms with van der Waals surface area (Å²) in [6.07, 6.45) is 19.7. The molecule has 0 atom stereocenters. The van der Waals surface area contributed by atoms with E-state index < -0.39 is 0 Å². The molecule has 2 heteroatoms. The number of hydrogen-bond acceptors (Lipinski definition) is 2. The second-order valence-electron chi connectivity index (χ2n) is 8.96. The van der Waals surface area contributed by atoms with Crippen LogP contribution >= 0.6 is 0 Å². The molecule has 0 saturated heterocycles. The lowest BCUT2D eigenvalue weighted by atomic mass is 9.77. The topological polar surface area (TPSA) is 25.8 Å². The maximum atomic E-state index is 4.41. The number of aryl methyl sites for hydroxylation is 1. The first-order valence-corrected chi connectivity index (χ1v) is 12.2. The molecule has 0 spiro atoms. The predicted molar refractivity (Wildman–Crippen MR) is 127 cm³/mol. The fourth-order valence-corrected chi connectivity index (χ4v) is 4.56. The second kappa shape index (κ2) is 12.5. The van der Waals surface area contributed by atoms with Crippen molar-refractivity contribution >= 4 is 0 Å². The number of hydrogen-bond donors (Lipinski definition) is 0. The van der Waals surface area contributed by atoms with E-state index in [2.05, 4.69) is 59.9 Å². The molecule has 0 amide bonds. The van der Waals surface area contributed by atoms with E-state index in [9.17, 15) is 0 Å².